The Morgan fingerprint density at radius 3 is 2.61 bits per heavy atom. The maximum Gasteiger partial charge on any atom is 0.249 e. The van der Waals surface area contributed by atoms with Crippen LogP contribution >= 0.6 is 27.5 Å². The minimum atomic E-state index is -0.513. The van der Waals surface area contributed by atoms with Gasteiger partial charge in [-0.2, -0.15) is 5.10 Å². The molecule has 0 radical (unpaired) electrons. The molecule has 8 heteroatoms. The predicted molar refractivity (Wildman–Crippen MR) is 115 cm³/mol. The summed E-state index contributed by atoms with van der Waals surface area (Å²) in [5.41, 5.74) is 3.68. The zero-order valence-corrected chi connectivity index (χ0v) is 17.7. The Balaban J connectivity index is 1.79. The number of hydrazone groups is 1. The van der Waals surface area contributed by atoms with E-state index in [0.717, 1.165) is 28.6 Å². The summed E-state index contributed by atoms with van der Waals surface area (Å²) in [4.78, 5) is 23.7. The van der Waals surface area contributed by atoms with E-state index in [9.17, 15) is 9.59 Å². The third kappa shape index (κ3) is 7.70. The molecule has 0 saturated carbocycles. The summed E-state index contributed by atoms with van der Waals surface area (Å²) < 4.78 is 6.47. The molecule has 2 aromatic rings. The molecule has 0 fully saturated rings. The molecular formula is C20H21BrClN3O3. The average Bonchev–Trinajstić information content (AvgIpc) is 2.65. The lowest BCUT2D eigenvalue weighted by Crippen LogP contribution is -2.24. The number of hydrogen-bond donors (Lipinski definition) is 2. The van der Waals surface area contributed by atoms with Crippen molar-refractivity contribution in [1.82, 2.24) is 5.43 Å². The van der Waals surface area contributed by atoms with Gasteiger partial charge < -0.3 is 10.1 Å². The van der Waals surface area contributed by atoms with Gasteiger partial charge in [0.05, 0.1) is 17.3 Å². The first-order valence-electron chi connectivity index (χ1n) is 8.77. The van der Waals surface area contributed by atoms with Gasteiger partial charge in [0.25, 0.3) is 0 Å². The second-order valence-corrected chi connectivity index (χ2v) is 7.21. The molecule has 0 atom stereocenters. The van der Waals surface area contributed by atoms with Crippen LogP contribution in [0.25, 0.3) is 0 Å². The number of nitrogens with zero attached hydrogens (tertiary/aromatic N) is 1. The van der Waals surface area contributed by atoms with E-state index in [2.05, 4.69) is 38.7 Å². The van der Waals surface area contributed by atoms with Crippen molar-refractivity contribution in [3.63, 3.8) is 0 Å². The first-order chi connectivity index (χ1) is 13.5. The highest BCUT2D eigenvalue weighted by Crippen LogP contribution is 2.25. The summed E-state index contributed by atoms with van der Waals surface area (Å²) in [6, 6.07) is 12.1. The minimum absolute atomic E-state index is 0.339. The second kappa shape index (κ2) is 11.5. The van der Waals surface area contributed by atoms with Crippen molar-refractivity contribution in [1.29, 1.82) is 0 Å². The number of ether oxygens (including phenoxy) is 1. The molecule has 2 N–H and O–H groups in total. The highest BCUT2D eigenvalue weighted by Gasteiger charge is 2.09. The van der Waals surface area contributed by atoms with E-state index in [4.69, 9.17) is 16.3 Å². The maximum absolute atomic E-state index is 11.9. The molecule has 0 aromatic heterocycles. The van der Waals surface area contributed by atoms with Gasteiger partial charge in [0, 0.05) is 10.7 Å². The summed E-state index contributed by atoms with van der Waals surface area (Å²) in [7, 11) is 0. The number of anilines is 1. The van der Waals surface area contributed by atoms with Crippen molar-refractivity contribution in [2.24, 2.45) is 5.10 Å². The van der Waals surface area contributed by atoms with Crippen LogP contribution in [-0.2, 0) is 9.59 Å². The third-order valence-electron chi connectivity index (χ3n) is 3.56. The molecule has 0 unspecified atom stereocenters. The van der Waals surface area contributed by atoms with Crippen LogP contribution in [0.2, 0.25) is 5.02 Å². The van der Waals surface area contributed by atoms with E-state index >= 15 is 0 Å². The number of carbonyl (C=O) groups is 2. The molecule has 0 aliphatic rings. The Labute approximate surface area is 177 Å². The van der Waals surface area contributed by atoms with E-state index in [1.165, 1.54) is 6.21 Å². The van der Waals surface area contributed by atoms with Crippen LogP contribution in [0.3, 0.4) is 0 Å². The molecule has 28 heavy (non-hydrogen) atoms. The number of benzene rings is 2. The van der Waals surface area contributed by atoms with Gasteiger partial charge in [0.2, 0.25) is 11.8 Å². The standard InChI is InChI=1S/C20H21BrClN3O3/c1-2-3-10-28-18-9-4-14(11-17(18)21)13-23-25-20(27)12-19(26)24-16-7-5-15(22)6-8-16/h4-9,11,13H,2-3,10,12H2,1H3,(H,24,26)(H,25,27). The fourth-order valence-electron chi connectivity index (χ4n) is 2.14. The molecule has 148 valence electrons. The van der Waals surface area contributed by atoms with Gasteiger partial charge in [-0.25, -0.2) is 5.43 Å². The largest absolute Gasteiger partial charge is 0.492 e. The van der Waals surface area contributed by atoms with Crippen LogP contribution in [0, 0.1) is 0 Å². The van der Waals surface area contributed by atoms with Gasteiger partial charge in [0.1, 0.15) is 12.2 Å². The van der Waals surface area contributed by atoms with Crippen molar-refractivity contribution in [2.45, 2.75) is 26.2 Å². The normalized spacial score (nSPS) is 10.7. The fourth-order valence-corrected chi connectivity index (χ4v) is 2.78. The van der Waals surface area contributed by atoms with Crippen LogP contribution in [0.15, 0.2) is 52.0 Å². The Hall–Kier alpha value is -2.38. The maximum atomic E-state index is 11.9. The van der Waals surface area contributed by atoms with Crippen molar-refractivity contribution >= 4 is 51.2 Å². The van der Waals surface area contributed by atoms with Gasteiger partial charge in [-0.15, -0.1) is 0 Å². The monoisotopic (exact) mass is 465 g/mol. The SMILES string of the molecule is CCCCOc1ccc(C=NNC(=O)CC(=O)Nc2ccc(Cl)cc2)cc1Br. The Bertz CT molecular complexity index is 841. The third-order valence-corrected chi connectivity index (χ3v) is 4.44. The van der Waals surface area contributed by atoms with Crippen LogP contribution in [0.4, 0.5) is 5.69 Å². The van der Waals surface area contributed by atoms with Crippen molar-refractivity contribution in [3.05, 3.63) is 57.5 Å². The first-order valence-corrected chi connectivity index (χ1v) is 9.94. The van der Waals surface area contributed by atoms with Crippen molar-refractivity contribution < 1.29 is 14.3 Å². The van der Waals surface area contributed by atoms with Gasteiger partial charge in [0.15, 0.2) is 0 Å². The van der Waals surface area contributed by atoms with Crippen molar-refractivity contribution in [2.75, 3.05) is 11.9 Å². The van der Waals surface area contributed by atoms with E-state index < -0.39 is 11.8 Å². The molecule has 0 saturated heterocycles. The topological polar surface area (TPSA) is 79.8 Å². The Morgan fingerprint density at radius 2 is 1.93 bits per heavy atom. The zero-order valence-electron chi connectivity index (χ0n) is 15.4. The van der Waals surface area contributed by atoms with Gasteiger partial charge in [-0.1, -0.05) is 24.9 Å². The van der Waals surface area contributed by atoms with Crippen LogP contribution in [-0.4, -0.2) is 24.6 Å². The highest BCUT2D eigenvalue weighted by atomic mass is 79.9. The smallest absolute Gasteiger partial charge is 0.249 e. The molecule has 6 nitrogen and oxygen atoms in total. The van der Waals surface area contributed by atoms with Crippen LogP contribution < -0.4 is 15.5 Å². The number of unbranched alkanes of at least 4 members (excludes halogenated alkanes) is 1. The number of rotatable bonds is 9. The summed E-state index contributed by atoms with van der Waals surface area (Å²) in [5, 5.41) is 7.06. The molecular weight excluding hydrogens is 446 g/mol. The number of hydrogen-bond acceptors (Lipinski definition) is 4. The quantitative estimate of drug-likeness (QED) is 0.242. The average molecular weight is 467 g/mol. The lowest BCUT2D eigenvalue weighted by atomic mass is 10.2. The number of amides is 2. The summed E-state index contributed by atoms with van der Waals surface area (Å²) >= 11 is 9.24. The molecule has 2 amide bonds. The fraction of sp³-hybridized carbons (Fsp3) is 0.250. The molecule has 0 bridgehead atoms. The number of halogens is 2. The molecule has 0 spiro atoms. The van der Waals surface area contributed by atoms with Crippen LogP contribution in [0.5, 0.6) is 5.75 Å². The molecule has 0 heterocycles. The first kappa shape index (κ1) is 21.9. The molecule has 2 aromatic carbocycles. The minimum Gasteiger partial charge on any atom is -0.492 e. The van der Waals surface area contributed by atoms with Crippen molar-refractivity contribution in [3.8, 4) is 5.75 Å². The molecule has 2 rings (SSSR count). The number of carbonyl (C=O) groups excluding carboxylic acids is 2. The highest BCUT2D eigenvalue weighted by molar-refractivity contribution is 9.10. The summed E-state index contributed by atoms with van der Waals surface area (Å²) in [6.45, 7) is 2.77. The Kier molecular flexibility index (Phi) is 8.97. The number of nitrogens with one attached hydrogen (secondary N) is 2. The Morgan fingerprint density at radius 1 is 1.18 bits per heavy atom. The van der Waals surface area contributed by atoms with Gasteiger partial charge >= 0.3 is 0 Å². The second-order valence-electron chi connectivity index (χ2n) is 5.92. The predicted octanol–water partition coefficient (Wildman–Crippen LogP) is 4.76. The van der Waals surface area contributed by atoms with E-state index in [-0.39, 0.29) is 6.42 Å². The lowest BCUT2D eigenvalue weighted by Gasteiger charge is -2.08. The zero-order chi connectivity index (χ0) is 20.4. The van der Waals surface area contributed by atoms with Gasteiger partial charge in [-0.3, -0.25) is 9.59 Å². The molecule has 0 aliphatic carbocycles. The van der Waals surface area contributed by atoms with E-state index in [0.29, 0.717) is 17.3 Å². The van der Waals surface area contributed by atoms with E-state index in [1.54, 1.807) is 24.3 Å². The molecule has 0 aliphatic heterocycles. The summed E-state index contributed by atoms with van der Waals surface area (Å²) in [5.74, 6) is -0.193. The summed E-state index contributed by atoms with van der Waals surface area (Å²) in [6.07, 6.45) is 3.22. The van der Waals surface area contributed by atoms with Crippen LogP contribution in [0.1, 0.15) is 31.7 Å². The van der Waals surface area contributed by atoms with E-state index in [1.807, 2.05) is 18.2 Å². The lowest BCUT2D eigenvalue weighted by molar-refractivity contribution is -0.126. The van der Waals surface area contributed by atoms with Gasteiger partial charge in [-0.05, 0) is 70.4 Å².